The lowest BCUT2D eigenvalue weighted by molar-refractivity contribution is -0.128. The number of amides is 2. The van der Waals surface area contributed by atoms with E-state index in [-0.39, 0.29) is 11.8 Å². The van der Waals surface area contributed by atoms with E-state index >= 15 is 0 Å². The second-order valence-electron chi connectivity index (χ2n) is 6.63. The molecule has 0 bridgehead atoms. The van der Waals surface area contributed by atoms with Crippen LogP contribution in [0.1, 0.15) is 49.5 Å². The SMILES string of the molecule is CC(C)(C)C(=O)NCc1cccc(C(=O)N2CCCC2)c1. The molecule has 0 saturated carbocycles. The topological polar surface area (TPSA) is 49.4 Å². The van der Waals surface area contributed by atoms with Crippen LogP contribution in [0.3, 0.4) is 0 Å². The van der Waals surface area contributed by atoms with Crippen LogP contribution >= 0.6 is 0 Å². The molecule has 1 aromatic rings. The summed E-state index contributed by atoms with van der Waals surface area (Å²) in [5.41, 5.74) is 1.26. The largest absolute Gasteiger partial charge is 0.352 e. The molecule has 4 nitrogen and oxygen atoms in total. The number of hydrogen-bond donors (Lipinski definition) is 1. The Bertz CT molecular complexity index is 526. The monoisotopic (exact) mass is 288 g/mol. The Morgan fingerprint density at radius 3 is 2.48 bits per heavy atom. The molecule has 2 amide bonds. The van der Waals surface area contributed by atoms with Crippen LogP contribution in [0.15, 0.2) is 24.3 Å². The van der Waals surface area contributed by atoms with Crippen molar-refractivity contribution in [2.75, 3.05) is 13.1 Å². The fraction of sp³-hybridized carbons (Fsp3) is 0.529. The van der Waals surface area contributed by atoms with Gasteiger partial charge >= 0.3 is 0 Å². The van der Waals surface area contributed by atoms with Gasteiger partial charge in [-0.2, -0.15) is 0 Å². The maximum Gasteiger partial charge on any atom is 0.253 e. The predicted molar refractivity (Wildman–Crippen MR) is 82.9 cm³/mol. The van der Waals surface area contributed by atoms with Gasteiger partial charge in [0.05, 0.1) is 0 Å². The normalized spacial score (nSPS) is 15.1. The Hall–Kier alpha value is -1.84. The van der Waals surface area contributed by atoms with Gasteiger partial charge < -0.3 is 10.2 Å². The number of nitrogens with one attached hydrogen (secondary N) is 1. The lowest BCUT2D eigenvalue weighted by Gasteiger charge is -2.18. The summed E-state index contributed by atoms with van der Waals surface area (Å²) >= 11 is 0. The predicted octanol–water partition coefficient (Wildman–Crippen LogP) is 2.58. The van der Waals surface area contributed by atoms with Crippen molar-refractivity contribution < 1.29 is 9.59 Å². The van der Waals surface area contributed by atoms with Crippen LogP contribution in [-0.4, -0.2) is 29.8 Å². The minimum absolute atomic E-state index is 0.0128. The van der Waals surface area contributed by atoms with E-state index in [0.29, 0.717) is 12.1 Å². The first-order valence-corrected chi connectivity index (χ1v) is 7.54. The maximum absolute atomic E-state index is 12.3. The summed E-state index contributed by atoms with van der Waals surface area (Å²) in [6.45, 7) is 7.81. The van der Waals surface area contributed by atoms with Gasteiger partial charge in [-0.25, -0.2) is 0 Å². The molecule has 1 aliphatic heterocycles. The number of likely N-dealkylation sites (tertiary alicyclic amines) is 1. The molecule has 1 aliphatic rings. The van der Waals surface area contributed by atoms with Gasteiger partial charge in [0, 0.05) is 30.6 Å². The van der Waals surface area contributed by atoms with Crippen LogP contribution in [0.25, 0.3) is 0 Å². The van der Waals surface area contributed by atoms with Crippen LogP contribution in [-0.2, 0) is 11.3 Å². The minimum Gasteiger partial charge on any atom is -0.352 e. The number of nitrogens with zero attached hydrogens (tertiary/aromatic N) is 1. The van der Waals surface area contributed by atoms with E-state index in [9.17, 15) is 9.59 Å². The number of hydrogen-bond acceptors (Lipinski definition) is 2. The molecule has 0 radical (unpaired) electrons. The highest BCUT2D eigenvalue weighted by Crippen LogP contribution is 2.15. The summed E-state index contributed by atoms with van der Waals surface area (Å²) in [5.74, 6) is 0.107. The Labute approximate surface area is 126 Å². The molecule has 1 heterocycles. The smallest absolute Gasteiger partial charge is 0.253 e. The molecule has 2 rings (SSSR count). The van der Waals surface area contributed by atoms with Gasteiger partial charge in [0.1, 0.15) is 0 Å². The molecule has 0 aromatic heterocycles. The van der Waals surface area contributed by atoms with Crippen molar-refractivity contribution in [2.24, 2.45) is 5.41 Å². The molecule has 0 atom stereocenters. The van der Waals surface area contributed by atoms with Crippen molar-refractivity contribution >= 4 is 11.8 Å². The van der Waals surface area contributed by atoms with E-state index < -0.39 is 5.41 Å². The fourth-order valence-corrected chi connectivity index (χ4v) is 2.36. The molecule has 1 saturated heterocycles. The third-order valence-electron chi connectivity index (χ3n) is 3.70. The standard InChI is InChI=1S/C17H24N2O2/c1-17(2,3)16(21)18-12-13-7-6-8-14(11-13)15(20)19-9-4-5-10-19/h6-8,11H,4-5,9-10,12H2,1-3H3,(H,18,21). The summed E-state index contributed by atoms with van der Waals surface area (Å²) in [6.07, 6.45) is 2.18. The molecular formula is C17H24N2O2. The van der Waals surface area contributed by atoms with Gasteiger partial charge in [0.25, 0.3) is 5.91 Å². The van der Waals surface area contributed by atoms with Gasteiger partial charge in [-0.05, 0) is 30.5 Å². The fourth-order valence-electron chi connectivity index (χ4n) is 2.36. The number of carbonyl (C=O) groups excluding carboxylic acids is 2. The first-order chi connectivity index (χ1) is 9.88. The number of benzene rings is 1. The van der Waals surface area contributed by atoms with Gasteiger partial charge in [0.15, 0.2) is 0 Å². The summed E-state index contributed by atoms with van der Waals surface area (Å²) in [7, 11) is 0. The molecule has 1 fully saturated rings. The molecular weight excluding hydrogens is 264 g/mol. The Morgan fingerprint density at radius 1 is 1.19 bits per heavy atom. The van der Waals surface area contributed by atoms with E-state index in [1.165, 1.54) is 0 Å². The molecule has 1 N–H and O–H groups in total. The summed E-state index contributed by atoms with van der Waals surface area (Å²) < 4.78 is 0. The molecule has 0 spiro atoms. The van der Waals surface area contributed by atoms with Crippen LogP contribution in [0.5, 0.6) is 0 Å². The van der Waals surface area contributed by atoms with Crippen molar-refractivity contribution in [3.63, 3.8) is 0 Å². The second kappa shape index (κ2) is 6.29. The van der Waals surface area contributed by atoms with Crippen molar-refractivity contribution in [1.29, 1.82) is 0 Å². The lowest BCUT2D eigenvalue weighted by Crippen LogP contribution is -2.34. The molecule has 0 unspecified atom stereocenters. The Kier molecular flexibility index (Phi) is 4.66. The number of rotatable bonds is 3. The van der Waals surface area contributed by atoms with E-state index in [1.54, 1.807) is 0 Å². The summed E-state index contributed by atoms with van der Waals surface area (Å²) in [4.78, 5) is 26.1. The Morgan fingerprint density at radius 2 is 1.86 bits per heavy atom. The van der Waals surface area contributed by atoms with Crippen molar-refractivity contribution in [3.05, 3.63) is 35.4 Å². The third kappa shape index (κ3) is 4.06. The van der Waals surface area contributed by atoms with Crippen LogP contribution in [0.2, 0.25) is 0 Å². The number of carbonyl (C=O) groups is 2. The highest BCUT2D eigenvalue weighted by Gasteiger charge is 2.21. The first-order valence-electron chi connectivity index (χ1n) is 7.54. The van der Waals surface area contributed by atoms with Gasteiger partial charge in [-0.3, -0.25) is 9.59 Å². The van der Waals surface area contributed by atoms with Crippen LogP contribution in [0.4, 0.5) is 0 Å². The quantitative estimate of drug-likeness (QED) is 0.929. The zero-order chi connectivity index (χ0) is 15.5. The third-order valence-corrected chi connectivity index (χ3v) is 3.70. The highest BCUT2D eigenvalue weighted by atomic mass is 16.2. The molecule has 4 heteroatoms. The molecule has 21 heavy (non-hydrogen) atoms. The van der Waals surface area contributed by atoms with Crippen LogP contribution < -0.4 is 5.32 Å². The summed E-state index contributed by atoms with van der Waals surface area (Å²) in [5, 5.41) is 2.91. The summed E-state index contributed by atoms with van der Waals surface area (Å²) in [6, 6.07) is 7.53. The van der Waals surface area contributed by atoms with Crippen molar-refractivity contribution in [3.8, 4) is 0 Å². The van der Waals surface area contributed by atoms with Crippen LogP contribution in [0, 0.1) is 5.41 Å². The van der Waals surface area contributed by atoms with Crippen molar-refractivity contribution in [2.45, 2.75) is 40.2 Å². The average Bonchev–Trinajstić information content (AvgIpc) is 2.97. The van der Waals surface area contributed by atoms with E-state index in [2.05, 4.69) is 5.32 Å². The van der Waals surface area contributed by atoms with Crippen molar-refractivity contribution in [1.82, 2.24) is 10.2 Å². The lowest BCUT2D eigenvalue weighted by atomic mass is 9.95. The van der Waals surface area contributed by atoms with Gasteiger partial charge in [-0.15, -0.1) is 0 Å². The zero-order valence-corrected chi connectivity index (χ0v) is 13.1. The zero-order valence-electron chi connectivity index (χ0n) is 13.1. The van der Waals surface area contributed by atoms with Gasteiger partial charge in [0.2, 0.25) is 5.91 Å². The average molecular weight is 288 g/mol. The molecule has 1 aromatic carbocycles. The molecule has 0 aliphatic carbocycles. The second-order valence-corrected chi connectivity index (χ2v) is 6.63. The molecule has 114 valence electrons. The van der Waals surface area contributed by atoms with Gasteiger partial charge in [-0.1, -0.05) is 32.9 Å². The Balaban J connectivity index is 2.01. The van der Waals surface area contributed by atoms with E-state index in [1.807, 2.05) is 49.9 Å². The minimum atomic E-state index is -0.400. The van der Waals surface area contributed by atoms with E-state index in [0.717, 1.165) is 31.5 Å². The first kappa shape index (κ1) is 15.5. The maximum atomic E-state index is 12.3. The highest BCUT2D eigenvalue weighted by molar-refractivity contribution is 5.94. The van der Waals surface area contributed by atoms with E-state index in [4.69, 9.17) is 0 Å².